The minimum absolute atomic E-state index is 0.0165. The van der Waals surface area contributed by atoms with Gasteiger partial charge in [-0.15, -0.1) is 11.3 Å². The van der Waals surface area contributed by atoms with Crippen LogP contribution < -0.4 is 5.32 Å². The first-order valence-corrected chi connectivity index (χ1v) is 11.6. The molecule has 0 spiro atoms. The fourth-order valence-corrected chi connectivity index (χ4v) is 4.69. The maximum absolute atomic E-state index is 12.4. The lowest BCUT2D eigenvalue weighted by Crippen LogP contribution is -2.36. The van der Waals surface area contributed by atoms with Crippen LogP contribution in [-0.4, -0.2) is 40.6 Å². The molecule has 0 radical (unpaired) electrons. The molecule has 2 aromatic heterocycles. The molecule has 0 aliphatic carbocycles. The quantitative estimate of drug-likeness (QED) is 0.556. The number of benzene rings is 1. The molecule has 1 N–H and O–H groups in total. The zero-order chi connectivity index (χ0) is 20.8. The topological polar surface area (TPSA) is 71.3 Å². The minimum Gasteiger partial charge on any atom is -0.354 e. The number of nitrogens with one attached hydrogen (secondary N) is 1. The minimum atomic E-state index is 0.0165. The molecule has 1 atom stereocenters. The Balaban J connectivity index is 1.28. The molecule has 0 bridgehead atoms. The fraction of sp³-hybridized carbons (Fsp3) is 0.435. The number of hydrogen-bond donors (Lipinski definition) is 1. The molecular formula is C23H28N4O2S. The van der Waals surface area contributed by atoms with Crippen LogP contribution in [0, 0.1) is 0 Å². The van der Waals surface area contributed by atoms with Crippen LogP contribution in [0.5, 0.6) is 0 Å². The lowest BCUT2D eigenvalue weighted by molar-refractivity contribution is -0.121. The van der Waals surface area contributed by atoms with Gasteiger partial charge in [-0.3, -0.25) is 9.69 Å². The number of aryl methyl sites for hydroxylation is 2. The number of likely N-dealkylation sites (tertiary alicyclic amines) is 1. The molecule has 1 aromatic carbocycles. The van der Waals surface area contributed by atoms with Gasteiger partial charge in [0, 0.05) is 29.8 Å². The standard InChI is InChI=1S/C23H28N4O2S/c1-2-17-7-9-18(10-8-17)23-25-22(29-26-23)12-11-21(28)24-16-19(20-6-5-15-30-20)27-13-3-4-14-27/h5-10,15,19H,2-4,11-14,16H2,1H3,(H,24,28). The van der Waals surface area contributed by atoms with Crippen molar-refractivity contribution < 1.29 is 9.32 Å². The van der Waals surface area contributed by atoms with Gasteiger partial charge in [0.1, 0.15) is 0 Å². The molecule has 1 amide bonds. The molecule has 1 unspecified atom stereocenters. The molecule has 1 aliphatic heterocycles. The van der Waals surface area contributed by atoms with E-state index in [0.717, 1.165) is 25.1 Å². The molecule has 1 fully saturated rings. The number of thiophene rings is 1. The summed E-state index contributed by atoms with van der Waals surface area (Å²) in [6.07, 6.45) is 4.25. The lowest BCUT2D eigenvalue weighted by atomic mass is 10.1. The molecule has 158 valence electrons. The van der Waals surface area contributed by atoms with Gasteiger partial charge in [-0.05, 0) is 49.4 Å². The molecule has 3 aromatic rings. The van der Waals surface area contributed by atoms with Crippen LogP contribution in [0.25, 0.3) is 11.4 Å². The maximum Gasteiger partial charge on any atom is 0.227 e. The fourth-order valence-electron chi connectivity index (χ4n) is 3.83. The van der Waals surface area contributed by atoms with Crippen molar-refractivity contribution in [1.82, 2.24) is 20.4 Å². The molecule has 1 aliphatic rings. The number of hydrogen-bond acceptors (Lipinski definition) is 6. The Morgan fingerprint density at radius 1 is 1.23 bits per heavy atom. The van der Waals surface area contributed by atoms with E-state index < -0.39 is 0 Å². The first-order chi connectivity index (χ1) is 14.7. The van der Waals surface area contributed by atoms with E-state index in [-0.39, 0.29) is 11.9 Å². The molecule has 7 heteroatoms. The summed E-state index contributed by atoms with van der Waals surface area (Å²) in [5.41, 5.74) is 2.20. The van der Waals surface area contributed by atoms with Gasteiger partial charge in [0.15, 0.2) is 0 Å². The van der Waals surface area contributed by atoms with Crippen LogP contribution in [0.1, 0.15) is 48.6 Å². The largest absolute Gasteiger partial charge is 0.354 e. The van der Waals surface area contributed by atoms with Gasteiger partial charge in [0.05, 0.1) is 6.04 Å². The average molecular weight is 425 g/mol. The summed E-state index contributed by atoms with van der Waals surface area (Å²) < 4.78 is 5.34. The van der Waals surface area contributed by atoms with Gasteiger partial charge < -0.3 is 9.84 Å². The van der Waals surface area contributed by atoms with E-state index in [1.807, 2.05) is 12.1 Å². The van der Waals surface area contributed by atoms with Crippen molar-refractivity contribution in [3.63, 3.8) is 0 Å². The molecular weight excluding hydrogens is 396 g/mol. The van der Waals surface area contributed by atoms with Gasteiger partial charge in [0.25, 0.3) is 0 Å². The first-order valence-electron chi connectivity index (χ1n) is 10.7. The number of amides is 1. The van der Waals surface area contributed by atoms with Crippen molar-refractivity contribution in [1.29, 1.82) is 0 Å². The van der Waals surface area contributed by atoms with Gasteiger partial charge >= 0.3 is 0 Å². The zero-order valence-electron chi connectivity index (χ0n) is 17.3. The monoisotopic (exact) mass is 424 g/mol. The van der Waals surface area contributed by atoms with Gasteiger partial charge in [-0.25, -0.2) is 0 Å². The number of carbonyl (C=O) groups excluding carboxylic acids is 1. The molecule has 30 heavy (non-hydrogen) atoms. The van der Waals surface area contributed by atoms with E-state index in [4.69, 9.17) is 4.52 Å². The zero-order valence-corrected chi connectivity index (χ0v) is 18.2. The lowest BCUT2D eigenvalue weighted by Gasteiger charge is -2.26. The molecule has 0 saturated carbocycles. The van der Waals surface area contributed by atoms with Crippen molar-refractivity contribution >= 4 is 17.2 Å². The van der Waals surface area contributed by atoms with Crippen LogP contribution >= 0.6 is 11.3 Å². The van der Waals surface area contributed by atoms with Crippen molar-refractivity contribution in [2.45, 2.75) is 45.1 Å². The Kier molecular flexibility index (Phi) is 6.92. The summed E-state index contributed by atoms with van der Waals surface area (Å²) in [7, 11) is 0. The molecule has 4 rings (SSSR count). The number of nitrogens with zero attached hydrogens (tertiary/aromatic N) is 3. The Bertz CT molecular complexity index is 931. The highest BCUT2D eigenvalue weighted by Gasteiger charge is 2.24. The van der Waals surface area contributed by atoms with Crippen LogP contribution in [0.2, 0.25) is 0 Å². The van der Waals surface area contributed by atoms with Gasteiger partial charge in [-0.1, -0.05) is 42.4 Å². The highest BCUT2D eigenvalue weighted by Crippen LogP contribution is 2.27. The smallest absolute Gasteiger partial charge is 0.227 e. The van der Waals surface area contributed by atoms with Crippen molar-refractivity contribution in [3.05, 3.63) is 58.1 Å². The van der Waals surface area contributed by atoms with Gasteiger partial charge in [-0.2, -0.15) is 4.98 Å². The number of aromatic nitrogens is 2. The number of carbonyl (C=O) groups is 1. The molecule has 1 saturated heterocycles. The van der Waals surface area contributed by atoms with Crippen LogP contribution in [0.15, 0.2) is 46.3 Å². The predicted octanol–water partition coefficient (Wildman–Crippen LogP) is 4.25. The van der Waals surface area contributed by atoms with E-state index in [9.17, 15) is 4.79 Å². The van der Waals surface area contributed by atoms with Crippen molar-refractivity contribution in [3.8, 4) is 11.4 Å². The third-order valence-electron chi connectivity index (χ3n) is 5.60. The SMILES string of the molecule is CCc1ccc(-c2noc(CCC(=O)NCC(c3cccs3)N3CCCC3)n2)cc1. The Morgan fingerprint density at radius 2 is 2.03 bits per heavy atom. The summed E-state index contributed by atoms with van der Waals surface area (Å²) in [5, 5.41) is 9.26. The van der Waals surface area contributed by atoms with Crippen molar-refractivity contribution in [2.24, 2.45) is 0 Å². The molecule has 3 heterocycles. The predicted molar refractivity (Wildman–Crippen MR) is 118 cm³/mol. The third-order valence-corrected chi connectivity index (χ3v) is 6.57. The molecule has 6 nitrogen and oxygen atoms in total. The summed E-state index contributed by atoms with van der Waals surface area (Å²) >= 11 is 1.76. The second kappa shape index (κ2) is 10.00. The first kappa shape index (κ1) is 20.8. The average Bonchev–Trinajstić information content (AvgIpc) is 3.56. The van der Waals surface area contributed by atoms with E-state index >= 15 is 0 Å². The Morgan fingerprint density at radius 3 is 2.73 bits per heavy atom. The second-order valence-corrected chi connectivity index (χ2v) is 8.62. The van der Waals surface area contributed by atoms with Crippen LogP contribution in [0.3, 0.4) is 0 Å². The van der Waals surface area contributed by atoms with E-state index in [0.29, 0.717) is 31.1 Å². The number of rotatable bonds is 9. The van der Waals surface area contributed by atoms with E-state index in [1.165, 1.54) is 23.3 Å². The Hall–Kier alpha value is -2.51. The highest BCUT2D eigenvalue weighted by atomic mass is 32.1. The van der Waals surface area contributed by atoms with Crippen LogP contribution in [0.4, 0.5) is 0 Å². The highest BCUT2D eigenvalue weighted by molar-refractivity contribution is 7.10. The summed E-state index contributed by atoms with van der Waals surface area (Å²) in [6.45, 7) is 4.96. The van der Waals surface area contributed by atoms with E-state index in [1.54, 1.807) is 11.3 Å². The Labute approximate surface area is 181 Å². The normalized spacial score (nSPS) is 15.4. The second-order valence-electron chi connectivity index (χ2n) is 7.64. The van der Waals surface area contributed by atoms with Crippen molar-refractivity contribution in [2.75, 3.05) is 19.6 Å². The summed E-state index contributed by atoms with van der Waals surface area (Å²) in [6, 6.07) is 12.7. The summed E-state index contributed by atoms with van der Waals surface area (Å²) in [4.78, 5) is 20.7. The maximum atomic E-state index is 12.4. The van der Waals surface area contributed by atoms with E-state index in [2.05, 4.69) is 56.9 Å². The van der Waals surface area contributed by atoms with Gasteiger partial charge in [0.2, 0.25) is 17.6 Å². The van der Waals surface area contributed by atoms with Crippen LogP contribution in [-0.2, 0) is 17.6 Å². The third kappa shape index (κ3) is 5.15. The summed E-state index contributed by atoms with van der Waals surface area (Å²) in [5.74, 6) is 1.08.